The Balaban J connectivity index is 1.59. The SMILES string of the molecule is Cc1ccc(NC(=O)[C@H](CCCCN)NC(=O)CNc2ccccc2Oc2ccccc2)cc1. The lowest BCUT2D eigenvalue weighted by Gasteiger charge is -2.19. The first-order valence-electron chi connectivity index (χ1n) is 11.5. The molecule has 178 valence electrons. The summed E-state index contributed by atoms with van der Waals surface area (Å²) in [5, 5.41) is 8.85. The average molecular weight is 461 g/mol. The van der Waals surface area contributed by atoms with Crippen molar-refractivity contribution >= 4 is 23.2 Å². The standard InChI is InChI=1S/C27H32N4O3/c1-20-14-16-21(17-15-20)30-27(33)24(12-7-8-18-28)31-26(32)19-29-23-11-5-6-13-25(23)34-22-9-3-2-4-10-22/h2-6,9-11,13-17,24,29H,7-8,12,18-19,28H2,1H3,(H,30,33)(H,31,32)/t24-/m0/s1. The summed E-state index contributed by atoms with van der Waals surface area (Å²) in [7, 11) is 0. The van der Waals surface area contributed by atoms with Gasteiger partial charge >= 0.3 is 0 Å². The number of anilines is 2. The Bertz CT molecular complexity index is 1050. The van der Waals surface area contributed by atoms with E-state index < -0.39 is 6.04 Å². The van der Waals surface area contributed by atoms with Gasteiger partial charge in [0.05, 0.1) is 12.2 Å². The fourth-order valence-electron chi connectivity index (χ4n) is 3.37. The highest BCUT2D eigenvalue weighted by molar-refractivity contribution is 5.97. The van der Waals surface area contributed by atoms with E-state index in [4.69, 9.17) is 10.5 Å². The van der Waals surface area contributed by atoms with Crippen LogP contribution in [0.1, 0.15) is 24.8 Å². The first-order chi connectivity index (χ1) is 16.5. The molecular weight excluding hydrogens is 428 g/mol. The van der Waals surface area contributed by atoms with Crippen molar-refractivity contribution in [3.8, 4) is 11.5 Å². The topological polar surface area (TPSA) is 105 Å². The van der Waals surface area contributed by atoms with Crippen molar-refractivity contribution in [2.45, 2.75) is 32.2 Å². The van der Waals surface area contributed by atoms with Crippen LogP contribution in [0.2, 0.25) is 0 Å². The van der Waals surface area contributed by atoms with Gasteiger partial charge in [-0.3, -0.25) is 9.59 Å². The van der Waals surface area contributed by atoms with Crippen LogP contribution in [0, 0.1) is 6.92 Å². The number of hydrogen-bond acceptors (Lipinski definition) is 5. The first kappa shape index (κ1) is 24.8. The molecule has 0 unspecified atom stereocenters. The van der Waals surface area contributed by atoms with Crippen LogP contribution in [0.3, 0.4) is 0 Å². The number of nitrogens with two attached hydrogens (primary N) is 1. The van der Waals surface area contributed by atoms with Gasteiger partial charge < -0.3 is 26.4 Å². The molecule has 3 rings (SSSR count). The third-order valence-electron chi connectivity index (χ3n) is 5.22. The molecule has 7 heteroatoms. The van der Waals surface area contributed by atoms with Gasteiger partial charge in [-0.2, -0.15) is 0 Å². The van der Waals surface area contributed by atoms with Crippen molar-refractivity contribution in [1.29, 1.82) is 0 Å². The van der Waals surface area contributed by atoms with Crippen molar-refractivity contribution in [2.75, 3.05) is 23.7 Å². The number of unbranched alkanes of at least 4 members (excludes halogenated alkanes) is 1. The third-order valence-corrected chi connectivity index (χ3v) is 5.22. The molecule has 0 aromatic heterocycles. The zero-order chi connectivity index (χ0) is 24.2. The second-order valence-corrected chi connectivity index (χ2v) is 8.02. The van der Waals surface area contributed by atoms with Gasteiger partial charge in [0.25, 0.3) is 0 Å². The number of benzene rings is 3. The van der Waals surface area contributed by atoms with Crippen LogP contribution in [0.4, 0.5) is 11.4 Å². The molecule has 0 aliphatic rings. The van der Waals surface area contributed by atoms with Gasteiger partial charge in [-0.15, -0.1) is 0 Å². The number of aryl methyl sites for hydroxylation is 1. The summed E-state index contributed by atoms with van der Waals surface area (Å²) in [5.41, 5.74) is 8.09. The molecule has 1 atom stereocenters. The van der Waals surface area contributed by atoms with E-state index in [1.807, 2.05) is 85.8 Å². The molecule has 0 aliphatic carbocycles. The maximum absolute atomic E-state index is 12.9. The van der Waals surface area contributed by atoms with E-state index in [2.05, 4.69) is 16.0 Å². The highest BCUT2D eigenvalue weighted by Gasteiger charge is 2.20. The van der Waals surface area contributed by atoms with Crippen LogP contribution in [0.15, 0.2) is 78.9 Å². The van der Waals surface area contributed by atoms with Crippen LogP contribution < -0.4 is 26.4 Å². The predicted octanol–water partition coefficient (Wildman–Crippen LogP) is 4.45. The second kappa shape index (κ2) is 13.0. The van der Waals surface area contributed by atoms with Crippen molar-refractivity contribution in [2.24, 2.45) is 5.73 Å². The smallest absolute Gasteiger partial charge is 0.246 e. The van der Waals surface area contributed by atoms with E-state index >= 15 is 0 Å². The normalized spacial score (nSPS) is 11.4. The number of carbonyl (C=O) groups excluding carboxylic acids is 2. The maximum atomic E-state index is 12.9. The van der Waals surface area contributed by atoms with E-state index in [0.717, 1.165) is 18.4 Å². The lowest BCUT2D eigenvalue weighted by Crippen LogP contribution is -2.45. The number of hydrogen-bond donors (Lipinski definition) is 4. The van der Waals surface area contributed by atoms with Crippen LogP contribution in [-0.2, 0) is 9.59 Å². The summed E-state index contributed by atoms with van der Waals surface area (Å²) in [6.45, 7) is 2.53. The van der Waals surface area contributed by atoms with E-state index in [9.17, 15) is 9.59 Å². The number of para-hydroxylation sites is 3. The maximum Gasteiger partial charge on any atom is 0.246 e. The molecule has 0 fully saturated rings. The molecule has 0 heterocycles. The van der Waals surface area contributed by atoms with E-state index in [1.165, 1.54) is 0 Å². The summed E-state index contributed by atoms with van der Waals surface area (Å²) in [5.74, 6) is 0.778. The Labute approximate surface area is 200 Å². The number of amides is 2. The van der Waals surface area contributed by atoms with Crippen LogP contribution >= 0.6 is 0 Å². The lowest BCUT2D eigenvalue weighted by atomic mass is 10.1. The third kappa shape index (κ3) is 7.94. The van der Waals surface area contributed by atoms with Gasteiger partial charge in [-0.05, 0) is 69.1 Å². The van der Waals surface area contributed by atoms with Crippen molar-refractivity contribution in [3.05, 3.63) is 84.4 Å². The van der Waals surface area contributed by atoms with Crippen molar-refractivity contribution in [1.82, 2.24) is 5.32 Å². The van der Waals surface area contributed by atoms with Crippen molar-refractivity contribution < 1.29 is 14.3 Å². The summed E-state index contributed by atoms with van der Waals surface area (Å²) in [6, 6.07) is 23.7. The molecular formula is C27H32N4O3. The van der Waals surface area contributed by atoms with Gasteiger partial charge in [-0.25, -0.2) is 0 Å². The minimum Gasteiger partial charge on any atom is -0.455 e. The minimum atomic E-state index is -0.655. The number of nitrogens with one attached hydrogen (secondary N) is 3. The Morgan fingerprint density at radius 2 is 1.62 bits per heavy atom. The molecule has 34 heavy (non-hydrogen) atoms. The van der Waals surface area contributed by atoms with E-state index in [0.29, 0.717) is 35.8 Å². The van der Waals surface area contributed by atoms with Gasteiger partial charge in [0, 0.05) is 5.69 Å². The summed E-state index contributed by atoms with van der Waals surface area (Å²) in [4.78, 5) is 25.6. The number of rotatable bonds is 12. The fourth-order valence-corrected chi connectivity index (χ4v) is 3.37. The van der Waals surface area contributed by atoms with Crippen LogP contribution in [-0.4, -0.2) is 30.9 Å². The Morgan fingerprint density at radius 1 is 0.912 bits per heavy atom. The first-order valence-corrected chi connectivity index (χ1v) is 11.5. The lowest BCUT2D eigenvalue weighted by molar-refractivity contribution is -0.125. The fraction of sp³-hybridized carbons (Fsp3) is 0.259. The summed E-state index contributed by atoms with van der Waals surface area (Å²) >= 11 is 0. The Morgan fingerprint density at radius 3 is 2.35 bits per heavy atom. The van der Waals surface area contributed by atoms with Gasteiger partial charge in [0.1, 0.15) is 11.8 Å². The molecule has 0 saturated heterocycles. The highest BCUT2D eigenvalue weighted by Crippen LogP contribution is 2.28. The Kier molecular flexibility index (Phi) is 9.49. The quantitative estimate of drug-likeness (QED) is 0.299. The predicted molar refractivity (Wildman–Crippen MR) is 136 cm³/mol. The van der Waals surface area contributed by atoms with Gasteiger partial charge in [0.2, 0.25) is 11.8 Å². The number of ether oxygens (including phenoxy) is 1. The summed E-state index contributed by atoms with van der Waals surface area (Å²) < 4.78 is 5.93. The van der Waals surface area contributed by atoms with Crippen LogP contribution in [0.5, 0.6) is 11.5 Å². The Hall–Kier alpha value is -3.84. The average Bonchev–Trinajstić information content (AvgIpc) is 2.85. The molecule has 2 amide bonds. The molecule has 0 bridgehead atoms. The van der Waals surface area contributed by atoms with E-state index in [-0.39, 0.29) is 18.4 Å². The van der Waals surface area contributed by atoms with Gasteiger partial charge in [-0.1, -0.05) is 48.0 Å². The zero-order valence-electron chi connectivity index (χ0n) is 19.4. The molecule has 0 saturated carbocycles. The summed E-state index contributed by atoms with van der Waals surface area (Å²) in [6.07, 6.45) is 2.03. The van der Waals surface area contributed by atoms with Crippen molar-refractivity contribution in [3.63, 3.8) is 0 Å². The number of carbonyl (C=O) groups is 2. The largest absolute Gasteiger partial charge is 0.455 e. The van der Waals surface area contributed by atoms with Crippen LogP contribution in [0.25, 0.3) is 0 Å². The highest BCUT2D eigenvalue weighted by atomic mass is 16.5. The molecule has 7 nitrogen and oxygen atoms in total. The minimum absolute atomic E-state index is 0.000361. The molecule has 0 aliphatic heterocycles. The van der Waals surface area contributed by atoms with Gasteiger partial charge in [0.15, 0.2) is 5.75 Å². The molecule has 0 spiro atoms. The van der Waals surface area contributed by atoms with E-state index in [1.54, 1.807) is 0 Å². The molecule has 0 radical (unpaired) electrons. The molecule has 3 aromatic rings. The zero-order valence-corrected chi connectivity index (χ0v) is 19.4. The molecule has 5 N–H and O–H groups in total. The second-order valence-electron chi connectivity index (χ2n) is 8.02. The monoisotopic (exact) mass is 460 g/mol. The molecule has 3 aromatic carbocycles.